The van der Waals surface area contributed by atoms with Gasteiger partial charge in [0.15, 0.2) is 0 Å². The molecule has 0 aromatic heterocycles. The van der Waals surface area contributed by atoms with E-state index in [0.29, 0.717) is 0 Å². The molecule has 66 valence electrons. The van der Waals surface area contributed by atoms with Crippen LogP contribution in [0.5, 0.6) is 0 Å². The summed E-state index contributed by atoms with van der Waals surface area (Å²) in [7, 11) is -0.0767. The van der Waals surface area contributed by atoms with Crippen molar-refractivity contribution >= 4 is 19.4 Å². The predicted octanol–water partition coefficient (Wildman–Crippen LogP) is -0.395. The van der Waals surface area contributed by atoms with Crippen LogP contribution in [0.25, 0.3) is 0 Å². The fraction of sp³-hybridized carbons (Fsp3) is 0.333. The number of rotatable bonds is 2. The Bertz CT molecular complexity index is 201. The second kappa shape index (κ2) is 6.57. The Labute approximate surface area is 71.3 Å². The molecule has 0 saturated heterocycles. The van der Waals surface area contributed by atoms with Gasteiger partial charge in [-0.05, 0) is 12.9 Å². The summed E-state index contributed by atoms with van der Waals surface area (Å²) in [5, 5.41) is 16.8. The molecule has 0 rings (SSSR count). The van der Waals surface area contributed by atoms with Crippen LogP contribution in [0.15, 0.2) is 22.2 Å². The van der Waals surface area contributed by atoms with Crippen molar-refractivity contribution in [2.75, 3.05) is 7.11 Å². The number of hydrogen-bond donors (Lipinski definition) is 2. The van der Waals surface area contributed by atoms with Gasteiger partial charge in [0.2, 0.25) is 0 Å². The van der Waals surface area contributed by atoms with E-state index in [0.717, 1.165) is 5.98 Å². The summed E-state index contributed by atoms with van der Waals surface area (Å²) in [5.41, 5.74) is 0. The second-order valence-electron chi connectivity index (χ2n) is 1.76. The molecule has 0 saturated carbocycles. The molecule has 0 spiro atoms. The first-order valence-corrected chi connectivity index (χ1v) is 3.34. The number of aliphatic imine (C=N–C) groups is 2. The van der Waals surface area contributed by atoms with Crippen molar-refractivity contribution < 1.29 is 14.8 Å². The standard InChI is InChI=1S/C6H11BN2O3/c1-3-8-6(12-2)9-5-4-7(10)11/h3-5,10-11H,1-2H3. The smallest absolute Gasteiger partial charge is 0.467 e. The zero-order valence-electron chi connectivity index (χ0n) is 7.01. The highest BCUT2D eigenvalue weighted by Crippen LogP contribution is 1.84. The third-order valence-electron chi connectivity index (χ3n) is 0.865. The third-order valence-corrected chi connectivity index (χ3v) is 0.865. The third kappa shape index (κ3) is 5.63. The van der Waals surface area contributed by atoms with E-state index in [2.05, 4.69) is 9.98 Å². The lowest BCUT2D eigenvalue weighted by Crippen LogP contribution is -2.05. The lowest BCUT2D eigenvalue weighted by atomic mass is 9.93. The zero-order chi connectivity index (χ0) is 9.40. The highest BCUT2D eigenvalue weighted by molar-refractivity contribution is 6.47. The van der Waals surface area contributed by atoms with Crippen molar-refractivity contribution in [3.63, 3.8) is 0 Å². The lowest BCUT2D eigenvalue weighted by Gasteiger charge is -1.93. The summed E-state index contributed by atoms with van der Waals surface area (Å²) in [5.74, 6) is 1.09. The first-order chi connectivity index (χ1) is 5.70. The van der Waals surface area contributed by atoms with E-state index < -0.39 is 7.12 Å². The fourth-order valence-corrected chi connectivity index (χ4v) is 0.433. The Morgan fingerprint density at radius 1 is 1.50 bits per heavy atom. The van der Waals surface area contributed by atoms with Gasteiger partial charge in [-0.1, -0.05) is 0 Å². The van der Waals surface area contributed by atoms with Gasteiger partial charge in [-0.3, -0.25) is 0 Å². The molecule has 12 heavy (non-hydrogen) atoms. The highest BCUT2D eigenvalue weighted by atomic mass is 16.5. The Morgan fingerprint density at radius 2 is 2.17 bits per heavy atom. The van der Waals surface area contributed by atoms with E-state index in [1.807, 2.05) is 0 Å². The number of nitrogens with zero attached hydrogens (tertiary/aromatic N) is 2. The summed E-state index contributed by atoms with van der Waals surface area (Å²) in [4.78, 5) is 7.40. The minimum absolute atomic E-state index is 0.161. The van der Waals surface area contributed by atoms with E-state index >= 15 is 0 Å². The maximum atomic E-state index is 8.39. The van der Waals surface area contributed by atoms with Crippen LogP contribution in [-0.2, 0) is 4.74 Å². The molecule has 2 N–H and O–H groups in total. The molecule has 0 aromatic carbocycles. The maximum absolute atomic E-state index is 8.39. The minimum atomic E-state index is -1.50. The van der Waals surface area contributed by atoms with Crippen molar-refractivity contribution in [3.8, 4) is 0 Å². The zero-order valence-corrected chi connectivity index (χ0v) is 7.01. The van der Waals surface area contributed by atoms with Gasteiger partial charge >= 0.3 is 13.1 Å². The van der Waals surface area contributed by atoms with Crippen LogP contribution in [0, 0.1) is 0 Å². The van der Waals surface area contributed by atoms with Crippen molar-refractivity contribution in [1.29, 1.82) is 0 Å². The van der Waals surface area contributed by atoms with Crippen LogP contribution in [0.2, 0.25) is 0 Å². The van der Waals surface area contributed by atoms with Gasteiger partial charge in [0.1, 0.15) is 0 Å². The summed E-state index contributed by atoms with van der Waals surface area (Å²) in [6, 6.07) is 0.161. The molecular weight excluding hydrogens is 159 g/mol. The molecule has 0 aliphatic heterocycles. The van der Waals surface area contributed by atoms with Crippen LogP contribution in [0.4, 0.5) is 0 Å². The molecule has 0 aliphatic rings. The van der Waals surface area contributed by atoms with Gasteiger partial charge in [-0.2, -0.15) is 0 Å². The molecule has 0 radical (unpaired) electrons. The molecule has 0 aromatic rings. The Hall–Kier alpha value is -1.14. The minimum Gasteiger partial charge on any atom is -0.467 e. The van der Waals surface area contributed by atoms with Crippen LogP contribution >= 0.6 is 0 Å². The first-order valence-electron chi connectivity index (χ1n) is 3.34. The molecule has 0 heterocycles. The average Bonchev–Trinajstić information content (AvgIpc) is 2.02. The number of amidine groups is 1. The summed E-state index contributed by atoms with van der Waals surface area (Å²) in [6.07, 6.45) is 2.72. The Balaban J connectivity index is 4.11. The van der Waals surface area contributed by atoms with Crippen LogP contribution in [0.1, 0.15) is 6.92 Å². The Kier molecular flexibility index (Phi) is 5.95. The van der Waals surface area contributed by atoms with Gasteiger partial charge in [0.25, 0.3) is 0 Å². The number of methoxy groups -OCH3 is 1. The SMILES string of the molecule is CC=NC(=NC=CB(O)O)OC. The van der Waals surface area contributed by atoms with Crippen LogP contribution < -0.4 is 0 Å². The lowest BCUT2D eigenvalue weighted by molar-refractivity contribution is 0.397. The molecule has 0 bridgehead atoms. The topological polar surface area (TPSA) is 74.4 Å². The van der Waals surface area contributed by atoms with E-state index in [1.54, 1.807) is 6.92 Å². The van der Waals surface area contributed by atoms with E-state index in [1.165, 1.54) is 19.5 Å². The number of hydrogen-bond acceptors (Lipinski definition) is 4. The summed E-state index contributed by atoms with van der Waals surface area (Å²) in [6.45, 7) is 1.72. The molecule has 0 atom stereocenters. The van der Waals surface area contributed by atoms with Crippen molar-refractivity contribution in [1.82, 2.24) is 0 Å². The fourth-order valence-electron chi connectivity index (χ4n) is 0.433. The summed E-state index contributed by atoms with van der Waals surface area (Å²) >= 11 is 0. The van der Waals surface area contributed by atoms with Crippen molar-refractivity contribution in [3.05, 3.63) is 12.2 Å². The monoisotopic (exact) mass is 170 g/mol. The van der Waals surface area contributed by atoms with Crippen molar-refractivity contribution in [2.45, 2.75) is 6.92 Å². The van der Waals surface area contributed by atoms with Gasteiger partial charge < -0.3 is 14.8 Å². The quantitative estimate of drug-likeness (QED) is 0.336. The molecule has 6 heteroatoms. The van der Waals surface area contributed by atoms with E-state index in [9.17, 15) is 0 Å². The first kappa shape index (κ1) is 10.9. The number of ether oxygens (including phenoxy) is 1. The normalized spacial score (nSPS) is 12.8. The highest BCUT2D eigenvalue weighted by Gasteiger charge is 1.97. The van der Waals surface area contributed by atoms with Crippen LogP contribution in [-0.4, -0.2) is 36.5 Å². The van der Waals surface area contributed by atoms with Gasteiger partial charge in [0, 0.05) is 12.4 Å². The predicted molar refractivity (Wildman–Crippen MR) is 47.9 cm³/mol. The second-order valence-corrected chi connectivity index (χ2v) is 1.76. The average molecular weight is 170 g/mol. The molecule has 0 unspecified atom stereocenters. The van der Waals surface area contributed by atoms with E-state index in [-0.39, 0.29) is 6.02 Å². The molecule has 0 amide bonds. The largest absolute Gasteiger partial charge is 0.482 e. The van der Waals surface area contributed by atoms with E-state index in [4.69, 9.17) is 14.8 Å². The molecular formula is C6H11BN2O3. The molecule has 0 fully saturated rings. The molecule has 5 nitrogen and oxygen atoms in total. The van der Waals surface area contributed by atoms with Crippen molar-refractivity contribution in [2.24, 2.45) is 9.98 Å². The van der Waals surface area contributed by atoms with Gasteiger partial charge in [-0.25, -0.2) is 9.98 Å². The Morgan fingerprint density at radius 3 is 2.58 bits per heavy atom. The summed E-state index contributed by atoms with van der Waals surface area (Å²) < 4.78 is 4.71. The maximum Gasteiger partial charge on any atom is 0.482 e. The molecule has 0 aliphatic carbocycles. The van der Waals surface area contributed by atoms with Gasteiger partial charge in [-0.15, -0.1) is 0 Å². The van der Waals surface area contributed by atoms with Crippen LogP contribution in [0.3, 0.4) is 0 Å². The van der Waals surface area contributed by atoms with Gasteiger partial charge in [0.05, 0.1) is 7.11 Å².